The fourth-order valence-electron chi connectivity index (χ4n) is 1.95. The molecule has 0 aromatic heterocycles. The molecule has 106 valence electrons. The molecule has 1 aromatic rings. The Morgan fingerprint density at radius 1 is 1.26 bits per heavy atom. The number of hydrogen-bond acceptors (Lipinski definition) is 3. The van der Waals surface area contributed by atoms with Gasteiger partial charge in [-0.1, -0.05) is 32.0 Å². The summed E-state index contributed by atoms with van der Waals surface area (Å²) in [6, 6.07) is 8.10. The summed E-state index contributed by atoms with van der Waals surface area (Å²) in [6.45, 7) is 7.00. The minimum atomic E-state index is -0.0249. The molecule has 1 atom stereocenters. The van der Waals surface area contributed by atoms with Gasteiger partial charge in [-0.05, 0) is 24.5 Å². The average Bonchev–Trinajstić information content (AvgIpc) is 2.36. The standard InChI is InChI=1S/C15H24N2O2/c1-11(2)13-7-5-6-8-14(13)16-9-15(18)17-12(3)10-19-4/h5-8,11-12,16H,9-10H2,1-4H3,(H,17,18)/t12-/m1/s1. The number of rotatable bonds is 7. The predicted molar refractivity (Wildman–Crippen MR) is 78.5 cm³/mol. The third kappa shape index (κ3) is 5.30. The summed E-state index contributed by atoms with van der Waals surface area (Å²) in [5.74, 6) is 0.405. The Bertz CT molecular complexity index is 405. The fourth-order valence-corrected chi connectivity index (χ4v) is 1.95. The van der Waals surface area contributed by atoms with E-state index < -0.39 is 0 Å². The molecule has 0 aliphatic rings. The number of benzene rings is 1. The van der Waals surface area contributed by atoms with Crippen LogP contribution in [-0.2, 0) is 9.53 Å². The number of carbonyl (C=O) groups excluding carboxylic acids is 1. The van der Waals surface area contributed by atoms with E-state index in [4.69, 9.17) is 4.74 Å². The van der Waals surface area contributed by atoms with Crippen molar-refractivity contribution < 1.29 is 9.53 Å². The summed E-state index contributed by atoms with van der Waals surface area (Å²) in [5.41, 5.74) is 2.24. The number of hydrogen-bond donors (Lipinski definition) is 2. The lowest BCUT2D eigenvalue weighted by molar-refractivity contribution is -0.120. The second-order valence-corrected chi connectivity index (χ2v) is 5.02. The van der Waals surface area contributed by atoms with Crippen molar-refractivity contribution in [1.82, 2.24) is 5.32 Å². The largest absolute Gasteiger partial charge is 0.383 e. The van der Waals surface area contributed by atoms with E-state index in [1.54, 1.807) is 7.11 Å². The molecule has 4 heteroatoms. The highest BCUT2D eigenvalue weighted by atomic mass is 16.5. The van der Waals surface area contributed by atoms with Crippen LogP contribution in [0, 0.1) is 0 Å². The first-order valence-electron chi connectivity index (χ1n) is 6.65. The molecule has 1 rings (SSSR count). The maximum absolute atomic E-state index is 11.8. The topological polar surface area (TPSA) is 50.4 Å². The Morgan fingerprint density at radius 3 is 2.58 bits per heavy atom. The zero-order valence-electron chi connectivity index (χ0n) is 12.2. The molecule has 0 unspecified atom stereocenters. The van der Waals surface area contributed by atoms with Gasteiger partial charge in [-0.15, -0.1) is 0 Å². The number of methoxy groups -OCH3 is 1. The van der Waals surface area contributed by atoms with E-state index in [9.17, 15) is 4.79 Å². The van der Waals surface area contributed by atoms with Crippen LogP contribution in [0.15, 0.2) is 24.3 Å². The van der Waals surface area contributed by atoms with Crippen molar-refractivity contribution in [2.75, 3.05) is 25.6 Å². The lowest BCUT2D eigenvalue weighted by Crippen LogP contribution is -2.39. The highest BCUT2D eigenvalue weighted by Gasteiger charge is 2.09. The van der Waals surface area contributed by atoms with Crippen LogP contribution >= 0.6 is 0 Å². The lowest BCUT2D eigenvalue weighted by Gasteiger charge is -2.16. The summed E-state index contributed by atoms with van der Waals surface area (Å²) in [5, 5.41) is 6.06. The normalized spacial score (nSPS) is 12.3. The van der Waals surface area contributed by atoms with E-state index in [0.717, 1.165) is 5.69 Å². The van der Waals surface area contributed by atoms with E-state index >= 15 is 0 Å². The van der Waals surface area contributed by atoms with Gasteiger partial charge in [-0.2, -0.15) is 0 Å². The minimum absolute atomic E-state index is 0.0249. The van der Waals surface area contributed by atoms with E-state index in [-0.39, 0.29) is 18.5 Å². The van der Waals surface area contributed by atoms with Gasteiger partial charge in [-0.3, -0.25) is 4.79 Å². The van der Waals surface area contributed by atoms with Gasteiger partial charge in [0.1, 0.15) is 0 Å². The van der Waals surface area contributed by atoms with Gasteiger partial charge in [0.15, 0.2) is 0 Å². The molecule has 4 nitrogen and oxygen atoms in total. The summed E-state index contributed by atoms with van der Waals surface area (Å²) < 4.78 is 4.98. The smallest absolute Gasteiger partial charge is 0.239 e. The zero-order valence-corrected chi connectivity index (χ0v) is 12.2. The molecule has 0 fully saturated rings. The van der Waals surface area contributed by atoms with Crippen molar-refractivity contribution in [2.45, 2.75) is 32.7 Å². The molecule has 19 heavy (non-hydrogen) atoms. The second kappa shape index (κ2) is 7.79. The number of amides is 1. The molecule has 1 amide bonds. The number of para-hydroxylation sites is 1. The first-order chi connectivity index (χ1) is 9.04. The van der Waals surface area contributed by atoms with Gasteiger partial charge in [0.05, 0.1) is 13.2 Å². The first-order valence-corrected chi connectivity index (χ1v) is 6.65. The van der Waals surface area contributed by atoms with Crippen LogP contribution in [-0.4, -0.2) is 32.2 Å². The van der Waals surface area contributed by atoms with Gasteiger partial charge in [0.2, 0.25) is 5.91 Å². The summed E-state index contributed by atoms with van der Waals surface area (Å²) >= 11 is 0. The van der Waals surface area contributed by atoms with Crippen LogP contribution < -0.4 is 10.6 Å². The second-order valence-electron chi connectivity index (χ2n) is 5.02. The molecule has 0 radical (unpaired) electrons. The maximum atomic E-state index is 11.8. The van der Waals surface area contributed by atoms with Crippen molar-refractivity contribution in [3.8, 4) is 0 Å². The Morgan fingerprint density at radius 2 is 1.95 bits per heavy atom. The molecular formula is C15H24N2O2. The number of nitrogens with one attached hydrogen (secondary N) is 2. The quantitative estimate of drug-likeness (QED) is 0.795. The summed E-state index contributed by atoms with van der Waals surface area (Å²) in [6.07, 6.45) is 0. The fraction of sp³-hybridized carbons (Fsp3) is 0.533. The Balaban J connectivity index is 2.50. The Labute approximate surface area is 115 Å². The van der Waals surface area contributed by atoms with Gasteiger partial charge in [-0.25, -0.2) is 0 Å². The monoisotopic (exact) mass is 264 g/mol. The van der Waals surface area contributed by atoms with Crippen LogP contribution in [0.4, 0.5) is 5.69 Å². The SMILES string of the molecule is COC[C@@H](C)NC(=O)CNc1ccccc1C(C)C. The van der Waals surface area contributed by atoms with E-state index in [0.29, 0.717) is 12.5 Å². The van der Waals surface area contributed by atoms with Crippen LogP contribution in [0.25, 0.3) is 0 Å². The number of carbonyl (C=O) groups is 1. The molecule has 0 spiro atoms. The summed E-state index contributed by atoms with van der Waals surface area (Å²) in [7, 11) is 1.62. The van der Waals surface area contributed by atoms with Crippen molar-refractivity contribution >= 4 is 11.6 Å². The van der Waals surface area contributed by atoms with Crippen molar-refractivity contribution in [1.29, 1.82) is 0 Å². The average molecular weight is 264 g/mol. The predicted octanol–water partition coefficient (Wildman–Crippen LogP) is 2.37. The molecule has 0 aliphatic heterocycles. The van der Waals surface area contributed by atoms with Crippen LogP contribution in [0.5, 0.6) is 0 Å². The third-order valence-electron chi connectivity index (χ3n) is 2.85. The van der Waals surface area contributed by atoms with Crippen molar-refractivity contribution in [3.05, 3.63) is 29.8 Å². The molecule has 0 heterocycles. The Kier molecular flexibility index (Phi) is 6.36. The number of ether oxygens (including phenoxy) is 1. The molecule has 0 bridgehead atoms. The van der Waals surface area contributed by atoms with Crippen LogP contribution in [0.2, 0.25) is 0 Å². The minimum Gasteiger partial charge on any atom is -0.383 e. The number of anilines is 1. The van der Waals surface area contributed by atoms with Gasteiger partial charge in [0.25, 0.3) is 0 Å². The highest BCUT2D eigenvalue weighted by molar-refractivity contribution is 5.81. The Hall–Kier alpha value is -1.55. The van der Waals surface area contributed by atoms with Crippen molar-refractivity contribution in [3.63, 3.8) is 0 Å². The molecule has 0 aliphatic carbocycles. The van der Waals surface area contributed by atoms with Gasteiger partial charge >= 0.3 is 0 Å². The maximum Gasteiger partial charge on any atom is 0.239 e. The van der Waals surface area contributed by atoms with Gasteiger partial charge in [0, 0.05) is 18.8 Å². The van der Waals surface area contributed by atoms with Crippen molar-refractivity contribution in [2.24, 2.45) is 0 Å². The molecular weight excluding hydrogens is 240 g/mol. The van der Waals surface area contributed by atoms with E-state index in [1.165, 1.54) is 5.56 Å². The highest BCUT2D eigenvalue weighted by Crippen LogP contribution is 2.23. The first kappa shape index (κ1) is 15.5. The summed E-state index contributed by atoms with van der Waals surface area (Å²) in [4.78, 5) is 11.8. The van der Waals surface area contributed by atoms with E-state index in [2.05, 4.69) is 30.5 Å². The molecule has 0 saturated heterocycles. The lowest BCUT2D eigenvalue weighted by atomic mass is 10.0. The van der Waals surface area contributed by atoms with E-state index in [1.807, 2.05) is 25.1 Å². The molecule has 1 aromatic carbocycles. The van der Waals surface area contributed by atoms with Crippen LogP contribution in [0.3, 0.4) is 0 Å². The molecule has 0 saturated carbocycles. The third-order valence-corrected chi connectivity index (χ3v) is 2.85. The molecule has 2 N–H and O–H groups in total. The van der Waals surface area contributed by atoms with Crippen LogP contribution in [0.1, 0.15) is 32.3 Å². The zero-order chi connectivity index (χ0) is 14.3. The van der Waals surface area contributed by atoms with Gasteiger partial charge < -0.3 is 15.4 Å².